The molecule has 0 bridgehead atoms. The molecule has 2 N–H and O–H groups in total. The van der Waals surface area contributed by atoms with E-state index < -0.39 is 5.34 Å². The minimum atomic E-state index is -0.729. The molecule has 3 rings (SSSR count). The molecule has 1 fully saturated rings. The van der Waals surface area contributed by atoms with Gasteiger partial charge >= 0.3 is 0 Å². The number of benzene rings is 2. The van der Waals surface area contributed by atoms with Crippen LogP contribution in [0, 0.1) is 12.3 Å². The van der Waals surface area contributed by atoms with Gasteiger partial charge in [-0.15, -0.1) is 6.42 Å². The van der Waals surface area contributed by atoms with Gasteiger partial charge in [-0.2, -0.15) is 0 Å². The van der Waals surface area contributed by atoms with E-state index in [9.17, 15) is 9.59 Å². The van der Waals surface area contributed by atoms with Crippen molar-refractivity contribution in [2.75, 3.05) is 32.4 Å². The normalized spacial score (nSPS) is 15.3. The minimum Gasteiger partial charge on any atom is -0.354 e. The van der Waals surface area contributed by atoms with Crippen LogP contribution in [0.5, 0.6) is 0 Å². The van der Waals surface area contributed by atoms with E-state index in [4.69, 9.17) is 6.42 Å². The number of nitrogens with zero attached hydrogens (tertiary/aromatic N) is 2. The van der Waals surface area contributed by atoms with Crippen molar-refractivity contribution < 1.29 is 9.59 Å². The zero-order valence-corrected chi connectivity index (χ0v) is 20.6. The molecular weight excluding hydrogens is 430 g/mol. The molecule has 0 saturated carbocycles. The van der Waals surface area contributed by atoms with E-state index in [1.165, 1.54) is 16.3 Å². The Kier molecular flexibility index (Phi) is 8.90. The molecule has 2 aromatic rings. The summed E-state index contributed by atoms with van der Waals surface area (Å²) in [4.78, 5) is 26.9. The second kappa shape index (κ2) is 11.6. The smallest absolute Gasteiger partial charge is 0.239 e. The van der Waals surface area contributed by atoms with Crippen molar-refractivity contribution in [3.05, 3.63) is 48.0 Å². The molecule has 6 nitrogen and oxygen atoms in total. The number of hydrogen-bond donors (Lipinski definition) is 2. The van der Waals surface area contributed by atoms with Gasteiger partial charge in [0.25, 0.3) is 0 Å². The lowest BCUT2D eigenvalue weighted by molar-refractivity contribution is -0.126. The number of hydrogen-bond acceptors (Lipinski definition) is 5. The van der Waals surface area contributed by atoms with Gasteiger partial charge in [0, 0.05) is 31.0 Å². The van der Waals surface area contributed by atoms with Gasteiger partial charge in [0.15, 0.2) is 0 Å². The molecule has 33 heavy (non-hydrogen) atoms. The van der Waals surface area contributed by atoms with Crippen molar-refractivity contribution >= 4 is 50.2 Å². The summed E-state index contributed by atoms with van der Waals surface area (Å²) in [5, 5.41) is 7.29. The quantitative estimate of drug-likeness (QED) is 0.316. The van der Waals surface area contributed by atoms with Crippen LogP contribution in [0.1, 0.15) is 18.4 Å². The van der Waals surface area contributed by atoms with Crippen molar-refractivity contribution in [3.63, 3.8) is 0 Å². The standard InChI is InChI=1S/C24H32B2N4O2S/c1-3-24(25,26)28-22(31)15-27-23(32)17-30(33-2)20-11-13-29(14-12-20)16-19-9-6-8-18-7-4-5-10-21(18)19/h1,4-10,20H,11-17,25-26H2,2H3,(H,27,32)(H,28,31). The molecule has 0 atom stereocenters. The first-order valence-electron chi connectivity index (χ1n) is 11.4. The highest BCUT2D eigenvalue weighted by atomic mass is 32.2. The van der Waals surface area contributed by atoms with Crippen molar-refractivity contribution in [1.29, 1.82) is 0 Å². The number of fused-ring (bicyclic) bond motifs is 1. The number of terminal acetylenes is 1. The lowest BCUT2D eigenvalue weighted by atomic mass is 9.62. The molecule has 2 aromatic carbocycles. The van der Waals surface area contributed by atoms with Gasteiger partial charge in [0.1, 0.15) is 15.7 Å². The Labute approximate surface area is 203 Å². The summed E-state index contributed by atoms with van der Waals surface area (Å²) in [5.41, 5.74) is 1.36. The summed E-state index contributed by atoms with van der Waals surface area (Å²) < 4.78 is 2.13. The Balaban J connectivity index is 1.46. The highest BCUT2D eigenvalue weighted by molar-refractivity contribution is 7.96. The van der Waals surface area contributed by atoms with Gasteiger partial charge in [-0.05, 0) is 35.4 Å². The minimum absolute atomic E-state index is 0.0738. The van der Waals surface area contributed by atoms with Gasteiger partial charge in [0.2, 0.25) is 11.8 Å². The van der Waals surface area contributed by atoms with Crippen molar-refractivity contribution in [3.8, 4) is 12.3 Å². The Morgan fingerprint density at radius 3 is 2.58 bits per heavy atom. The molecule has 0 radical (unpaired) electrons. The number of nitrogens with one attached hydrogen (secondary N) is 2. The van der Waals surface area contributed by atoms with Gasteiger partial charge in [-0.3, -0.25) is 14.5 Å². The molecule has 9 heteroatoms. The Hall–Kier alpha value is -2.40. The van der Waals surface area contributed by atoms with E-state index in [0.29, 0.717) is 6.04 Å². The van der Waals surface area contributed by atoms with E-state index in [-0.39, 0.29) is 24.9 Å². The summed E-state index contributed by atoms with van der Waals surface area (Å²) in [6.45, 7) is 3.12. The van der Waals surface area contributed by atoms with Crippen LogP contribution in [-0.4, -0.2) is 80.5 Å². The van der Waals surface area contributed by atoms with Crippen LogP contribution < -0.4 is 10.6 Å². The molecule has 1 heterocycles. The zero-order valence-electron chi connectivity index (χ0n) is 19.8. The lowest BCUT2D eigenvalue weighted by Crippen LogP contribution is -2.52. The molecule has 0 aliphatic carbocycles. The summed E-state index contributed by atoms with van der Waals surface area (Å²) in [6.07, 6.45) is 9.41. The second-order valence-electron chi connectivity index (χ2n) is 9.00. The SMILES string of the molecule is BC(B)(C#C)NC(=O)CNC(=O)CN(SC)C1CCN(Cc2cccc3ccccc23)CC1. The average Bonchev–Trinajstić information content (AvgIpc) is 2.82. The molecule has 0 unspecified atom stereocenters. The predicted octanol–water partition coefficient (Wildman–Crippen LogP) is 0.170. The molecule has 1 aliphatic heterocycles. The molecule has 172 valence electrons. The van der Waals surface area contributed by atoms with Crippen LogP contribution >= 0.6 is 11.9 Å². The van der Waals surface area contributed by atoms with Crippen LogP contribution in [-0.2, 0) is 16.1 Å². The predicted molar refractivity (Wildman–Crippen MR) is 142 cm³/mol. The fourth-order valence-electron chi connectivity index (χ4n) is 4.18. The highest BCUT2D eigenvalue weighted by Crippen LogP contribution is 2.25. The average molecular weight is 462 g/mol. The third-order valence-corrected chi connectivity index (χ3v) is 6.93. The van der Waals surface area contributed by atoms with Gasteiger partial charge in [0.05, 0.1) is 13.1 Å². The fourth-order valence-corrected chi connectivity index (χ4v) is 4.94. The summed E-state index contributed by atoms with van der Waals surface area (Å²) in [6, 6.07) is 15.4. The molecule has 1 aliphatic rings. The number of likely N-dealkylation sites (tertiary alicyclic amines) is 1. The van der Waals surface area contributed by atoms with Crippen LogP contribution in [0.15, 0.2) is 42.5 Å². The largest absolute Gasteiger partial charge is 0.354 e. The van der Waals surface area contributed by atoms with Crippen molar-refractivity contribution in [2.45, 2.75) is 30.8 Å². The first-order chi connectivity index (χ1) is 15.8. The first kappa shape index (κ1) is 25.2. The Morgan fingerprint density at radius 2 is 1.88 bits per heavy atom. The highest BCUT2D eigenvalue weighted by Gasteiger charge is 2.26. The second-order valence-corrected chi connectivity index (χ2v) is 9.83. The van der Waals surface area contributed by atoms with E-state index in [1.54, 1.807) is 27.6 Å². The lowest BCUT2D eigenvalue weighted by Gasteiger charge is -2.37. The van der Waals surface area contributed by atoms with E-state index >= 15 is 0 Å². The molecule has 2 amide bonds. The third kappa shape index (κ3) is 7.29. The summed E-state index contributed by atoms with van der Waals surface area (Å²) in [5.74, 6) is 2.07. The number of piperidine rings is 1. The molecule has 0 aromatic heterocycles. The first-order valence-corrected chi connectivity index (χ1v) is 12.5. The number of rotatable bonds is 9. The topological polar surface area (TPSA) is 64.7 Å². The van der Waals surface area contributed by atoms with Gasteiger partial charge in [-0.1, -0.05) is 60.3 Å². The summed E-state index contributed by atoms with van der Waals surface area (Å²) in [7, 11) is 3.49. The van der Waals surface area contributed by atoms with Crippen LogP contribution in [0.2, 0.25) is 0 Å². The van der Waals surface area contributed by atoms with Crippen LogP contribution in [0.4, 0.5) is 0 Å². The monoisotopic (exact) mass is 462 g/mol. The van der Waals surface area contributed by atoms with Crippen LogP contribution in [0.3, 0.4) is 0 Å². The maximum Gasteiger partial charge on any atom is 0.239 e. The molecular formula is C24H32B2N4O2S. The van der Waals surface area contributed by atoms with E-state index in [0.717, 1.165) is 32.5 Å². The van der Waals surface area contributed by atoms with E-state index in [1.807, 2.05) is 6.26 Å². The fraction of sp³-hybridized carbons (Fsp3) is 0.417. The maximum absolute atomic E-state index is 12.4. The maximum atomic E-state index is 12.4. The zero-order chi connectivity index (χ0) is 23.8. The van der Waals surface area contributed by atoms with Crippen LogP contribution in [0.25, 0.3) is 10.8 Å². The number of carbonyl (C=O) groups is 2. The number of amides is 2. The third-order valence-electron chi connectivity index (χ3n) is 6.03. The molecule has 1 saturated heterocycles. The molecule has 0 spiro atoms. The van der Waals surface area contributed by atoms with Gasteiger partial charge in [-0.25, -0.2) is 4.31 Å². The summed E-state index contributed by atoms with van der Waals surface area (Å²) >= 11 is 1.59. The van der Waals surface area contributed by atoms with Crippen molar-refractivity contribution in [2.24, 2.45) is 0 Å². The Bertz CT molecular complexity index is 1010. The van der Waals surface area contributed by atoms with Crippen molar-refractivity contribution in [1.82, 2.24) is 19.8 Å². The number of carbonyl (C=O) groups excluding carboxylic acids is 2. The van der Waals surface area contributed by atoms with E-state index in [2.05, 4.69) is 68.2 Å². The Morgan fingerprint density at radius 1 is 1.18 bits per heavy atom. The van der Waals surface area contributed by atoms with Gasteiger partial charge < -0.3 is 10.6 Å².